The van der Waals surface area contributed by atoms with E-state index in [9.17, 15) is 23.1 Å². The van der Waals surface area contributed by atoms with Gasteiger partial charge < -0.3 is 19.6 Å². The number of carbonyl (C=O) groups is 1. The average Bonchev–Trinajstić information content (AvgIpc) is 3.25. The Hall–Kier alpha value is -4.09. The van der Waals surface area contributed by atoms with Gasteiger partial charge in [-0.3, -0.25) is 4.79 Å². The first kappa shape index (κ1) is 35.4. The fourth-order valence-corrected chi connectivity index (χ4v) is 5.66. The van der Waals surface area contributed by atoms with Crippen molar-refractivity contribution in [1.29, 1.82) is 0 Å². The van der Waals surface area contributed by atoms with E-state index >= 15 is 0 Å². The molecule has 3 aromatic carbocycles. The van der Waals surface area contributed by atoms with Crippen molar-refractivity contribution in [3.63, 3.8) is 0 Å². The number of alkyl halides is 3. The molecule has 45 heavy (non-hydrogen) atoms. The number of rotatable bonds is 10. The van der Waals surface area contributed by atoms with E-state index in [0.29, 0.717) is 48.5 Å². The van der Waals surface area contributed by atoms with Crippen LogP contribution in [0, 0.1) is 0 Å². The van der Waals surface area contributed by atoms with Gasteiger partial charge in [-0.05, 0) is 99.8 Å². The van der Waals surface area contributed by atoms with Crippen molar-refractivity contribution in [2.45, 2.75) is 45.7 Å². The molecule has 1 N–H and O–H groups in total. The SMILES string of the molecule is CCN(CC)C(=O)c1ccc(/C(O)=N/N=C/C=C2\N(CC)c3ccc(OC)cc3C2(C)Cc2cccc(C(F)(F)F)c2)cc1.[Co]. The number of nitrogens with zero attached hydrogens (tertiary/aromatic N) is 4. The molecule has 1 atom stereocenters. The van der Waals surface area contributed by atoms with E-state index in [-0.39, 0.29) is 28.6 Å². The van der Waals surface area contributed by atoms with Crippen LogP contribution in [-0.4, -0.2) is 54.8 Å². The number of amides is 1. The molecule has 0 saturated heterocycles. The molecule has 1 aliphatic heterocycles. The van der Waals surface area contributed by atoms with Gasteiger partial charge in [-0.15, -0.1) is 5.10 Å². The number of hydrogen-bond donors (Lipinski definition) is 1. The van der Waals surface area contributed by atoms with Crippen LogP contribution < -0.4 is 9.64 Å². The Bertz CT molecular complexity index is 1580. The largest absolute Gasteiger partial charge is 0.497 e. The summed E-state index contributed by atoms with van der Waals surface area (Å²) in [6.45, 7) is 9.61. The van der Waals surface area contributed by atoms with Crippen LogP contribution in [0.25, 0.3) is 0 Å². The van der Waals surface area contributed by atoms with E-state index < -0.39 is 17.2 Å². The maximum absolute atomic E-state index is 13.5. The predicted molar refractivity (Wildman–Crippen MR) is 168 cm³/mol. The van der Waals surface area contributed by atoms with Crippen LogP contribution in [0.1, 0.15) is 60.3 Å². The fraction of sp³-hybridized carbons (Fsp3) is 0.324. The number of allylic oxidation sites excluding steroid dienone is 2. The Labute approximate surface area is 272 Å². The number of methoxy groups -OCH3 is 1. The Morgan fingerprint density at radius 2 is 1.69 bits per heavy atom. The van der Waals surface area contributed by atoms with E-state index in [4.69, 9.17) is 4.74 Å². The quantitative estimate of drug-likeness (QED) is 0.139. The Morgan fingerprint density at radius 1 is 1.02 bits per heavy atom. The molecule has 4 rings (SSSR count). The summed E-state index contributed by atoms with van der Waals surface area (Å²) in [5.41, 5.74) is 2.68. The molecule has 1 radical (unpaired) electrons. The van der Waals surface area contributed by atoms with Crippen molar-refractivity contribution >= 4 is 23.7 Å². The molecule has 1 heterocycles. The van der Waals surface area contributed by atoms with Crippen LogP contribution in [0.3, 0.4) is 0 Å². The van der Waals surface area contributed by atoms with Gasteiger partial charge in [-0.2, -0.15) is 18.3 Å². The van der Waals surface area contributed by atoms with Gasteiger partial charge in [0.25, 0.3) is 5.91 Å². The molecule has 11 heteroatoms. The molecule has 0 saturated carbocycles. The second kappa shape index (κ2) is 14.8. The molecule has 3 aromatic rings. The van der Waals surface area contributed by atoms with Crippen molar-refractivity contribution < 1.29 is 44.6 Å². The van der Waals surface area contributed by atoms with Crippen molar-refractivity contribution in [1.82, 2.24) is 4.90 Å². The van der Waals surface area contributed by atoms with E-state index in [1.807, 2.05) is 45.9 Å². The molecule has 0 aromatic heterocycles. The maximum atomic E-state index is 13.5. The maximum Gasteiger partial charge on any atom is 0.416 e. The van der Waals surface area contributed by atoms with Gasteiger partial charge in [0.15, 0.2) is 0 Å². The Morgan fingerprint density at radius 3 is 2.29 bits per heavy atom. The molecule has 0 bridgehead atoms. The van der Waals surface area contributed by atoms with Crippen molar-refractivity contribution in [3.05, 3.63) is 106 Å². The molecule has 0 aliphatic carbocycles. The van der Waals surface area contributed by atoms with Crippen LogP contribution in [0.4, 0.5) is 18.9 Å². The molecule has 0 spiro atoms. The van der Waals surface area contributed by atoms with Crippen LogP contribution in [0.5, 0.6) is 5.75 Å². The van der Waals surface area contributed by atoms with Crippen LogP contribution in [0.15, 0.2) is 88.7 Å². The third kappa shape index (κ3) is 7.59. The summed E-state index contributed by atoms with van der Waals surface area (Å²) in [6, 6.07) is 17.6. The number of benzene rings is 3. The predicted octanol–water partition coefficient (Wildman–Crippen LogP) is 7.41. The Balaban J connectivity index is 0.00000552. The molecule has 1 amide bonds. The van der Waals surface area contributed by atoms with E-state index in [2.05, 4.69) is 15.1 Å². The van der Waals surface area contributed by atoms with Crippen LogP contribution in [0.2, 0.25) is 0 Å². The summed E-state index contributed by atoms with van der Waals surface area (Å²) < 4.78 is 46.0. The summed E-state index contributed by atoms with van der Waals surface area (Å²) in [4.78, 5) is 16.4. The number of carbonyl (C=O) groups excluding carboxylic acids is 1. The molecule has 241 valence electrons. The van der Waals surface area contributed by atoms with Gasteiger partial charge >= 0.3 is 6.18 Å². The number of ether oxygens (including phenoxy) is 1. The minimum atomic E-state index is -4.45. The van der Waals surface area contributed by atoms with E-state index in [0.717, 1.165) is 23.0 Å². The average molecular weight is 666 g/mol. The summed E-state index contributed by atoms with van der Waals surface area (Å²) >= 11 is 0. The zero-order valence-corrected chi connectivity index (χ0v) is 26.9. The number of hydrogen-bond acceptors (Lipinski definition) is 5. The van der Waals surface area contributed by atoms with E-state index in [1.54, 1.807) is 48.4 Å². The topological polar surface area (TPSA) is 77.7 Å². The normalized spacial score (nSPS) is 17.4. The standard InChI is InChI=1S/C34H37F3N4O3.Co/c1-6-40(7-2)32(43)25-14-12-24(13-15-25)31(42)39-38-19-18-30-33(4,22-23-10-9-11-26(20-23)34(35,36)37)28-21-27(44-5)16-17-29(28)41(30)8-3;/h9-21H,6-8,22H2,1-5H3,(H,39,42);/b30-18-,38-19+;. The minimum absolute atomic E-state index is 0. The molecular weight excluding hydrogens is 628 g/mol. The molecule has 1 aliphatic rings. The summed E-state index contributed by atoms with van der Waals surface area (Å²) in [7, 11) is 1.57. The van der Waals surface area contributed by atoms with Crippen LogP contribution >= 0.6 is 0 Å². The van der Waals surface area contributed by atoms with E-state index in [1.165, 1.54) is 18.3 Å². The summed E-state index contributed by atoms with van der Waals surface area (Å²) in [5.74, 6) is 0.232. The monoisotopic (exact) mass is 665 g/mol. The van der Waals surface area contributed by atoms with Gasteiger partial charge in [0.2, 0.25) is 5.90 Å². The van der Waals surface area contributed by atoms with Gasteiger partial charge in [-0.1, -0.05) is 18.2 Å². The van der Waals surface area contributed by atoms with Gasteiger partial charge in [0.05, 0.1) is 18.9 Å². The van der Waals surface area contributed by atoms with Gasteiger partial charge in [-0.25, -0.2) is 0 Å². The zero-order valence-electron chi connectivity index (χ0n) is 25.9. The number of fused-ring (bicyclic) bond motifs is 1. The zero-order chi connectivity index (χ0) is 32.1. The smallest absolute Gasteiger partial charge is 0.416 e. The number of likely N-dealkylation sites (N-methyl/N-ethyl adjacent to an activating group) is 1. The summed E-state index contributed by atoms with van der Waals surface area (Å²) in [6.07, 6.45) is -0.928. The van der Waals surface area contributed by atoms with Crippen molar-refractivity contribution in [3.8, 4) is 5.75 Å². The molecule has 0 fully saturated rings. The molecule has 1 unspecified atom stereocenters. The third-order valence-corrected chi connectivity index (χ3v) is 7.97. The second-order valence-electron chi connectivity index (χ2n) is 10.6. The van der Waals surface area contributed by atoms with Crippen molar-refractivity contribution in [2.75, 3.05) is 31.6 Å². The first-order chi connectivity index (χ1) is 21.0. The first-order valence-corrected chi connectivity index (χ1v) is 14.5. The van der Waals surface area contributed by atoms with Crippen molar-refractivity contribution in [2.24, 2.45) is 10.2 Å². The van der Waals surface area contributed by atoms with Gasteiger partial charge in [0, 0.05) is 64.3 Å². The number of halogens is 3. The third-order valence-electron chi connectivity index (χ3n) is 7.97. The fourth-order valence-electron chi connectivity index (χ4n) is 5.66. The number of aliphatic hydroxyl groups is 1. The van der Waals surface area contributed by atoms with Crippen LogP contribution in [-0.2, 0) is 34.8 Å². The Kier molecular flexibility index (Phi) is 11.6. The molecule has 7 nitrogen and oxygen atoms in total. The first-order valence-electron chi connectivity index (χ1n) is 14.5. The van der Waals surface area contributed by atoms with Gasteiger partial charge in [0.1, 0.15) is 5.75 Å². The summed E-state index contributed by atoms with van der Waals surface area (Å²) in [5, 5.41) is 18.5. The number of anilines is 1. The second-order valence-corrected chi connectivity index (χ2v) is 10.6. The number of aliphatic hydroxyl groups excluding tert-OH is 1. The molecular formula is C34H37CoF3N4O3. The minimum Gasteiger partial charge on any atom is -0.497 e.